The average molecular weight is 498 g/mol. The van der Waals surface area contributed by atoms with E-state index in [2.05, 4.69) is 16.7 Å². The number of nitrogens with one attached hydrogen (secondary N) is 2. The van der Waals surface area contributed by atoms with Gasteiger partial charge in [0.1, 0.15) is 12.3 Å². The molecule has 1 saturated heterocycles. The summed E-state index contributed by atoms with van der Waals surface area (Å²) >= 11 is 0. The van der Waals surface area contributed by atoms with Gasteiger partial charge in [0.05, 0.1) is 19.6 Å². The molecular weight excluding hydrogens is 460 g/mol. The lowest BCUT2D eigenvalue weighted by Crippen LogP contribution is -2.90. The van der Waals surface area contributed by atoms with Gasteiger partial charge in [-0.1, -0.05) is 13.3 Å². The summed E-state index contributed by atoms with van der Waals surface area (Å²) in [5, 5.41) is 20.3. The Balaban J connectivity index is 1.23. The second-order valence-electron chi connectivity index (χ2n) is 10.4. The molecule has 194 valence electrons. The second kappa shape index (κ2) is 10.6. The predicted octanol–water partition coefficient (Wildman–Crippen LogP) is 1.13. The summed E-state index contributed by atoms with van der Waals surface area (Å²) in [6.45, 7) is 2.60. The number of hydrogen-bond acceptors (Lipinski definition) is 6. The quantitative estimate of drug-likeness (QED) is 0.369. The highest BCUT2D eigenvalue weighted by atomic mass is 16.5. The maximum atomic E-state index is 13.1. The summed E-state index contributed by atoms with van der Waals surface area (Å²) in [6.07, 6.45) is 4.58. The number of pyridine rings is 1. The largest absolute Gasteiger partial charge is 0.497 e. The van der Waals surface area contributed by atoms with Gasteiger partial charge in [-0.25, -0.2) is 4.98 Å². The number of hydrogen-bond donors (Lipinski definition) is 4. The van der Waals surface area contributed by atoms with Crippen molar-refractivity contribution in [2.75, 3.05) is 13.7 Å². The monoisotopic (exact) mass is 497 g/mol. The molecule has 2 amide bonds. The molecule has 2 saturated carbocycles. The number of carbonyl (C=O) groups is 2. The topological polar surface area (TPSA) is 126 Å². The number of quaternary nitrogens is 1. The molecule has 5 N–H and O–H groups in total. The molecule has 9 heteroatoms. The zero-order chi connectivity index (χ0) is 25.2. The molecule has 3 aliphatic rings. The summed E-state index contributed by atoms with van der Waals surface area (Å²) in [5.74, 6) is 1.30. The van der Waals surface area contributed by atoms with Gasteiger partial charge in [-0.2, -0.15) is 0 Å². The molecule has 4 atom stereocenters. The number of methoxy groups -OCH3 is 1. The van der Waals surface area contributed by atoms with E-state index >= 15 is 0 Å². The van der Waals surface area contributed by atoms with Crippen LogP contribution in [0.4, 0.5) is 0 Å². The van der Waals surface area contributed by atoms with Gasteiger partial charge in [0.25, 0.3) is 11.8 Å². The van der Waals surface area contributed by atoms with Crippen molar-refractivity contribution in [3.63, 3.8) is 0 Å². The maximum absolute atomic E-state index is 13.1. The number of amides is 2. The first-order valence-electron chi connectivity index (χ1n) is 13.2. The minimum absolute atomic E-state index is 0.162. The Morgan fingerprint density at radius 2 is 2.03 bits per heavy atom. The highest BCUT2D eigenvalue weighted by molar-refractivity contribution is 5.89. The number of rotatable bonds is 11. The third kappa shape index (κ3) is 5.73. The zero-order valence-corrected chi connectivity index (χ0v) is 21.0. The summed E-state index contributed by atoms with van der Waals surface area (Å²) in [5.41, 5.74) is 1.04. The lowest BCUT2D eigenvalue weighted by atomic mass is 10.0. The molecule has 36 heavy (non-hydrogen) atoms. The summed E-state index contributed by atoms with van der Waals surface area (Å²) in [7, 11) is 1.66. The van der Waals surface area contributed by atoms with E-state index in [0.717, 1.165) is 54.3 Å². The molecule has 2 heterocycles. The Morgan fingerprint density at radius 1 is 1.22 bits per heavy atom. The van der Waals surface area contributed by atoms with Crippen molar-refractivity contribution >= 4 is 22.6 Å². The third-order valence-electron chi connectivity index (χ3n) is 7.34. The van der Waals surface area contributed by atoms with E-state index in [0.29, 0.717) is 31.2 Å². The number of aliphatic hydroxyl groups excluding tert-OH is 1. The van der Waals surface area contributed by atoms with Crippen LogP contribution in [0, 0.1) is 0 Å². The summed E-state index contributed by atoms with van der Waals surface area (Å²) in [4.78, 5) is 30.2. The van der Waals surface area contributed by atoms with Crippen LogP contribution in [-0.4, -0.2) is 65.9 Å². The standard InChI is InChI=1S/C27H36N4O5/c1-3-4-21(24(32)26(34)29-17-7-8-17)30-25(33)23-13-19(14-28-23)36-27-20-10-9-18(35-2)11-16(20)12-22(31-27)15-5-6-15/h9-12,15,17,19,21,23-24,28,32H,3-8,13-14H2,1-2H3,(H,29,34)(H,30,33)/p+1/t19-,21+,23+,24?/m1/s1. The molecule has 2 aromatic rings. The Hall–Kier alpha value is -2.91. The van der Waals surface area contributed by atoms with Crippen LogP contribution in [0.5, 0.6) is 11.6 Å². The van der Waals surface area contributed by atoms with E-state index < -0.39 is 18.1 Å². The number of aromatic nitrogens is 1. The van der Waals surface area contributed by atoms with Crippen molar-refractivity contribution in [3.8, 4) is 11.6 Å². The Kier molecular flexibility index (Phi) is 7.29. The Labute approximate surface area is 211 Å². The molecule has 0 spiro atoms. The van der Waals surface area contributed by atoms with Gasteiger partial charge in [-0.3, -0.25) is 9.59 Å². The molecule has 2 aliphatic carbocycles. The van der Waals surface area contributed by atoms with Crippen molar-refractivity contribution in [1.82, 2.24) is 15.6 Å². The Morgan fingerprint density at radius 3 is 2.72 bits per heavy atom. The van der Waals surface area contributed by atoms with Crippen molar-refractivity contribution in [1.29, 1.82) is 0 Å². The molecule has 1 aliphatic heterocycles. The highest BCUT2D eigenvalue weighted by Crippen LogP contribution is 2.42. The van der Waals surface area contributed by atoms with Crippen molar-refractivity contribution in [3.05, 3.63) is 30.0 Å². The lowest BCUT2D eigenvalue weighted by Gasteiger charge is -2.24. The number of carbonyl (C=O) groups excluding carboxylic acids is 2. The van der Waals surface area contributed by atoms with E-state index in [1.165, 1.54) is 0 Å². The zero-order valence-electron chi connectivity index (χ0n) is 21.0. The second-order valence-corrected chi connectivity index (χ2v) is 10.4. The molecule has 0 radical (unpaired) electrons. The van der Waals surface area contributed by atoms with Crippen LogP contribution in [-0.2, 0) is 9.59 Å². The highest BCUT2D eigenvalue weighted by Gasteiger charge is 2.38. The van der Waals surface area contributed by atoms with Crippen molar-refractivity contribution < 1.29 is 29.5 Å². The van der Waals surface area contributed by atoms with Gasteiger partial charge in [-0.15, -0.1) is 0 Å². The number of aliphatic hydroxyl groups is 1. The third-order valence-corrected chi connectivity index (χ3v) is 7.34. The number of fused-ring (bicyclic) bond motifs is 1. The van der Waals surface area contributed by atoms with Gasteiger partial charge in [-0.05, 0) is 61.8 Å². The fraction of sp³-hybridized carbons (Fsp3) is 0.593. The van der Waals surface area contributed by atoms with Gasteiger partial charge in [0.15, 0.2) is 18.2 Å². The molecular formula is C27H37N4O5+. The first kappa shape index (κ1) is 24.8. The number of nitrogens with zero attached hydrogens (tertiary/aromatic N) is 1. The maximum Gasteiger partial charge on any atom is 0.278 e. The number of nitrogens with two attached hydrogens (primary N) is 1. The van der Waals surface area contributed by atoms with Crippen LogP contribution >= 0.6 is 0 Å². The van der Waals surface area contributed by atoms with Crippen LogP contribution in [0.3, 0.4) is 0 Å². The van der Waals surface area contributed by atoms with E-state index in [1.54, 1.807) is 7.11 Å². The average Bonchev–Trinajstić information content (AvgIpc) is 3.82. The predicted molar refractivity (Wildman–Crippen MR) is 134 cm³/mol. The molecule has 9 nitrogen and oxygen atoms in total. The smallest absolute Gasteiger partial charge is 0.278 e. The van der Waals surface area contributed by atoms with Crippen molar-refractivity contribution in [2.24, 2.45) is 0 Å². The molecule has 1 aromatic heterocycles. The number of ether oxygens (including phenoxy) is 2. The first-order valence-corrected chi connectivity index (χ1v) is 13.2. The van der Waals surface area contributed by atoms with Gasteiger partial charge >= 0.3 is 0 Å². The van der Waals surface area contributed by atoms with Crippen LogP contribution in [0.1, 0.15) is 63.5 Å². The van der Waals surface area contributed by atoms with Crippen LogP contribution < -0.4 is 25.4 Å². The fourth-order valence-electron chi connectivity index (χ4n) is 4.90. The fourth-order valence-corrected chi connectivity index (χ4v) is 4.90. The molecule has 5 rings (SSSR count). The lowest BCUT2D eigenvalue weighted by molar-refractivity contribution is -0.659. The van der Waals surface area contributed by atoms with Gasteiger partial charge in [0.2, 0.25) is 5.88 Å². The summed E-state index contributed by atoms with van der Waals surface area (Å²) < 4.78 is 11.8. The van der Waals surface area contributed by atoms with Crippen molar-refractivity contribution in [2.45, 2.75) is 88.1 Å². The van der Waals surface area contributed by atoms with E-state index in [4.69, 9.17) is 14.5 Å². The minimum Gasteiger partial charge on any atom is -0.497 e. The molecule has 3 fully saturated rings. The molecule has 1 unspecified atom stereocenters. The molecule has 1 aromatic carbocycles. The van der Waals surface area contributed by atoms with Crippen LogP contribution in [0.15, 0.2) is 24.3 Å². The van der Waals surface area contributed by atoms with E-state index in [-0.39, 0.29) is 24.1 Å². The number of benzene rings is 1. The van der Waals surface area contributed by atoms with Crippen LogP contribution in [0.2, 0.25) is 0 Å². The van der Waals surface area contributed by atoms with Gasteiger partial charge in [0, 0.05) is 23.0 Å². The SMILES string of the molecule is CCC[C@H](NC(=O)[C@@H]1C[C@@H](Oc2nc(C3CC3)cc3cc(OC)ccc23)C[NH2+]1)C(O)C(=O)NC1CC1. The van der Waals surface area contributed by atoms with E-state index in [9.17, 15) is 14.7 Å². The van der Waals surface area contributed by atoms with Gasteiger partial charge < -0.3 is 30.5 Å². The van der Waals surface area contributed by atoms with Crippen LogP contribution in [0.25, 0.3) is 10.8 Å². The minimum atomic E-state index is -1.25. The summed E-state index contributed by atoms with van der Waals surface area (Å²) in [6, 6.07) is 7.22. The van der Waals surface area contributed by atoms with E-state index in [1.807, 2.05) is 30.4 Å². The first-order chi connectivity index (χ1) is 17.4. The Bertz CT molecular complexity index is 1120. The molecule has 0 bridgehead atoms. The normalized spacial score (nSPS) is 23.2.